The molecule has 2 bridgehead atoms. The quantitative estimate of drug-likeness (QED) is 0.425. The van der Waals surface area contributed by atoms with Gasteiger partial charge in [-0.15, -0.1) is 0 Å². The van der Waals surface area contributed by atoms with Crippen LogP contribution in [-0.4, -0.2) is 69.6 Å². The molecule has 200 valence electrons. The lowest BCUT2D eigenvalue weighted by Gasteiger charge is -2.36. The minimum absolute atomic E-state index is 0.0747. The number of urea groups is 1. The first-order valence-corrected chi connectivity index (χ1v) is 12.0. The predicted octanol–water partition coefficient (Wildman–Crippen LogP) is 3.57. The van der Waals surface area contributed by atoms with E-state index >= 15 is 0 Å². The van der Waals surface area contributed by atoms with Gasteiger partial charge in [-0.05, 0) is 24.6 Å². The van der Waals surface area contributed by atoms with Crippen molar-refractivity contribution in [3.8, 4) is 17.1 Å². The number of hydrogen-bond donors (Lipinski definition) is 3. The van der Waals surface area contributed by atoms with E-state index in [0.29, 0.717) is 25.2 Å². The number of fused-ring (bicyclic) bond motifs is 4. The van der Waals surface area contributed by atoms with Crippen LogP contribution in [0.15, 0.2) is 42.7 Å². The van der Waals surface area contributed by atoms with Crippen LogP contribution in [-0.2, 0) is 6.18 Å². The first kappa shape index (κ1) is 25.9. The fourth-order valence-corrected chi connectivity index (χ4v) is 4.68. The zero-order valence-corrected chi connectivity index (χ0v) is 20.4. The van der Waals surface area contributed by atoms with Gasteiger partial charge in [0.15, 0.2) is 5.82 Å². The van der Waals surface area contributed by atoms with Crippen molar-refractivity contribution in [2.24, 2.45) is 0 Å². The minimum atomic E-state index is -4.54. The van der Waals surface area contributed by atoms with Gasteiger partial charge in [0.2, 0.25) is 5.88 Å². The number of alkyl halides is 3. The number of carbonyl (C=O) groups is 1. The summed E-state index contributed by atoms with van der Waals surface area (Å²) in [6.45, 7) is 0.502. The van der Waals surface area contributed by atoms with Gasteiger partial charge in [-0.3, -0.25) is 10.2 Å². The molecule has 5 rings (SSSR count). The van der Waals surface area contributed by atoms with Crippen LogP contribution in [0.1, 0.15) is 12.0 Å². The van der Waals surface area contributed by atoms with E-state index in [1.807, 2.05) is 4.90 Å². The van der Waals surface area contributed by atoms with Crippen molar-refractivity contribution in [3.63, 3.8) is 0 Å². The van der Waals surface area contributed by atoms with Crippen LogP contribution in [0.25, 0.3) is 11.3 Å². The van der Waals surface area contributed by atoms with E-state index in [9.17, 15) is 23.1 Å². The Morgan fingerprint density at radius 3 is 2.84 bits per heavy atom. The highest BCUT2D eigenvalue weighted by Gasteiger charge is 2.41. The average Bonchev–Trinajstić information content (AvgIpc) is 3.31. The maximum atomic E-state index is 13.5. The number of aliphatic hydroxyl groups excluding tert-OH is 2. The van der Waals surface area contributed by atoms with Gasteiger partial charge < -0.3 is 19.8 Å². The largest absolute Gasteiger partial charge is 0.475 e. The number of aromatic nitrogens is 3. The molecule has 0 saturated carbocycles. The van der Waals surface area contributed by atoms with E-state index in [1.165, 1.54) is 29.4 Å². The van der Waals surface area contributed by atoms with E-state index in [4.69, 9.17) is 21.4 Å². The number of benzene rings is 1. The van der Waals surface area contributed by atoms with Crippen molar-refractivity contribution in [1.82, 2.24) is 15.0 Å². The van der Waals surface area contributed by atoms with Crippen molar-refractivity contribution in [2.45, 2.75) is 24.7 Å². The van der Waals surface area contributed by atoms with E-state index in [0.717, 1.165) is 12.1 Å². The Kier molecular flexibility index (Phi) is 6.99. The lowest BCUT2D eigenvalue weighted by atomic mass is 10.1. The van der Waals surface area contributed by atoms with E-state index in [-0.39, 0.29) is 46.4 Å². The Labute approximate surface area is 219 Å². The molecule has 0 radical (unpaired) electrons. The summed E-state index contributed by atoms with van der Waals surface area (Å²) in [6, 6.07) is 6.88. The van der Waals surface area contributed by atoms with Crippen LogP contribution in [0.2, 0.25) is 5.02 Å². The molecule has 14 heteroatoms. The summed E-state index contributed by atoms with van der Waals surface area (Å²) < 4.78 is 45.2. The first-order valence-electron chi connectivity index (χ1n) is 11.6. The van der Waals surface area contributed by atoms with Crippen molar-refractivity contribution in [1.29, 1.82) is 0 Å². The van der Waals surface area contributed by atoms with E-state index < -0.39 is 30.5 Å². The molecule has 2 aromatic heterocycles. The van der Waals surface area contributed by atoms with E-state index in [2.05, 4.69) is 20.3 Å². The van der Waals surface area contributed by atoms with Gasteiger partial charge in [-0.1, -0.05) is 23.7 Å². The Bertz CT molecular complexity index is 1360. The van der Waals surface area contributed by atoms with Crippen molar-refractivity contribution in [2.75, 3.05) is 41.4 Å². The topological polar surface area (TPSA) is 124 Å². The number of halogens is 4. The molecule has 3 aromatic rings. The summed E-state index contributed by atoms with van der Waals surface area (Å²) >= 11 is 6.48. The number of ether oxygens (including phenoxy) is 1. The highest BCUT2D eigenvalue weighted by atomic mass is 35.5. The second-order valence-corrected chi connectivity index (χ2v) is 9.22. The van der Waals surface area contributed by atoms with Crippen molar-refractivity contribution in [3.05, 3.63) is 53.3 Å². The number of pyridine rings is 1. The third kappa shape index (κ3) is 5.17. The summed E-state index contributed by atoms with van der Waals surface area (Å²) in [5.41, 5.74) is 0.0529. The van der Waals surface area contributed by atoms with Gasteiger partial charge in [0, 0.05) is 24.7 Å². The van der Waals surface area contributed by atoms with Gasteiger partial charge in [0.1, 0.15) is 24.9 Å². The molecule has 1 fully saturated rings. The monoisotopic (exact) mass is 550 g/mol. The number of hydrogen-bond acceptors (Lipinski definition) is 8. The molecule has 2 atom stereocenters. The first-order chi connectivity index (χ1) is 18.1. The summed E-state index contributed by atoms with van der Waals surface area (Å²) in [6.07, 6.45) is -3.81. The summed E-state index contributed by atoms with van der Waals surface area (Å²) in [7, 11) is 0. The zero-order valence-electron chi connectivity index (χ0n) is 19.7. The Morgan fingerprint density at radius 2 is 2.08 bits per heavy atom. The predicted molar refractivity (Wildman–Crippen MR) is 132 cm³/mol. The maximum Gasteiger partial charge on any atom is 0.416 e. The molecule has 2 aliphatic rings. The zero-order chi connectivity index (χ0) is 27.0. The van der Waals surface area contributed by atoms with Crippen molar-refractivity contribution < 1.29 is 32.9 Å². The number of amides is 2. The number of carbonyl (C=O) groups excluding carboxylic acids is 1. The molecule has 3 N–H and O–H groups in total. The second-order valence-electron chi connectivity index (χ2n) is 8.82. The lowest BCUT2D eigenvalue weighted by Crippen LogP contribution is -2.48. The molecule has 38 heavy (non-hydrogen) atoms. The third-order valence-electron chi connectivity index (χ3n) is 6.23. The van der Waals surface area contributed by atoms with Crippen LogP contribution in [0.5, 0.6) is 5.88 Å². The highest BCUT2D eigenvalue weighted by molar-refractivity contribution is 6.33. The SMILES string of the molecule is O=C(Nc1cc(OCC(O)CO)ncn1)N1c2nc(-c3cccc(C(F)(F)F)c3)c(Cl)cc2N2CC[C@H]1C2. The average molecular weight is 551 g/mol. The number of rotatable bonds is 6. The van der Waals surface area contributed by atoms with Gasteiger partial charge in [-0.2, -0.15) is 13.2 Å². The van der Waals surface area contributed by atoms with Gasteiger partial charge in [0.05, 0.1) is 34.6 Å². The molecule has 0 spiro atoms. The van der Waals surface area contributed by atoms with Crippen LogP contribution < -0.4 is 19.9 Å². The van der Waals surface area contributed by atoms with Crippen LogP contribution in [0, 0.1) is 0 Å². The molecule has 0 aliphatic carbocycles. The molecule has 1 saturated heterocycles. The van der Waals surface area contributed by atoms with Crippen LogP contribution >= 0.6 is 11.6 Å². The fraction of sp³-hybridized carbons (Fsp3) is 0.333. The maximum absolute atomic E-state index is 13.5. The summed E-state index contributed by atoms with van der Waals surface area (Å²) in [4.78, 5) is 29.5. The molecular weight excluding hydrogens is 529 g/mol. The molecule has 1 unspecified atom stereocenters. The van der Waals surface area contributed by atoms with Crippen LogP contribution in [0.3, 0.4) is 0 Å². The second kappa shape index (κ2) is 10.2. The fourth-order valence-electron chi connectivity index (χ4n) is 4.42. The number of aliphatic hydroxyl groups is 2. The summed E-state index contributed by atoms with van der Waals surface area (Å²) in [5, 5.41) is 21.2. The molecule has 4 heterocycles. The van der Waals surface area contributed by atoms with Crippen molar-refractivity contribution >= 4 is 35.0 Å². The Balaban J connectivity index is 1.46. The lowest BCUT2D eigenvalue weighted by molar-refractivity contribution is -0.137. The molecular formula is C24H22ClF3N6O4. The molecule has 1 aromatic carbocycles. The standard InChI is InChI=1S/C24H22ClF3N6O4/c25-17-7-18-22(32-21(17)13-2-1-3-14(6-13)24(26,27)28)34(15-4-5-33(18)9-15)23(37)31-19-8-20(30-12-29-19)38-11-16(36)10-35/h1-3,6-8,12,15-16,35-36H,4-5,9-11H2,(H,29,30,31,37)/t15-,16?/m0/s1. The highest BCUT2D eigenvalue weighted by Crippen LogP contribution is 2.43. The Hall–Kier alpha value is -3.68. The van der Waals surface area contributed by atoms with Crippen LogP contribution in [0.4, 0.5) is 35.3 Å². The Morgan fingerprint density at radius 1 is 1.26 bits per heavy atom. The number of nitrogens with one attached hydrogen (secondary N) is 1. The molecule has 10 nitrogen and oxygen atoms in total. The summed E-state index contributed by atoms with van der Waals surface area (Å²) in [5.74, 6) is 0.461. The normalized spacial score (nSPS) is 17.3. The van der Waals surface area contributed by atoms with E-state index in [1.54, 1.807) is 6.07 Å². The number of nitrogens with zero attached hydrogens (tertiary/aromatic N) is 5. The van der Waals surface area contributed by atoms with Gasteiger partial charge in [-0.25, -0.2) is 19.7 Å². The molecule has 2 amide bonds. The minimum Gasteiger partial charge on any atom is -0.475 e. The smallest absolute Gasteiger partial charge is 0.416 e. The van der Waals surface area contributed by atoms with Gasteiger partial charge in [0.25, 0.3) is 0 Å². The third-order valence-corrected chi connectivity index (χ3v) is 6.52. The number of anilines is 3. The van der Waals surface area contributed by atoms with Gasteiger partial charge >= 0.3 is 12.2 Å². The molecule has 2 aliphatic heterocycles.